The number of rotatable bonds is 5. The van der Waals surface area contributed by atoms with Crippen LogP contribution in [0.4, 0.5) is 6.01 Å². The van der Waals surface area contributed by atoms with Crippen molar-refractivity contribution in [2.45, 2.75) is 6.42 Å². The Bertz CT molecular complexity index is 197. The van der Waals surface area contributed by atoms with Gasteiger partial charge in [0.2, 0.25) is 6.39 Å². The summed E-state index contributed by atoms with van der Waals surface area (Å²) in [6.45, 7) is 1.92. The van der Waals surface area contributed by atoms with Crippen LogP contribution >= 0.6 is 0 Å². The average molecular weight is 170 g/mol. The van der Waals surface area contributed by atoms with Crippen molar-refractivity contribution in [2.24, 2.45) is 0 Å². The van der Waals surface area contributed by atoms with Crippen molar-refractivity contribution in [3.05, 3.63) is 6.39 Å². The van der Waals surface area contributed by atoms with E-state index in [-0.39, 0.29) is 0 Å². The van der Waals surface area contributed by atoms with Crippen LogP contribution in [0.5, 0.6) is 0 Å². The van der Waals surface area contributed by atoms with E-state index in [9.17, 15) is 0 Å². The second-order valence-corrected chi connectivity index (χ2v) is 2.83. The maximum atomic E-state index is 4.89. The predicted molar refractivity (Wildman–Crippen MR) is 46.0 cm³/mol. The van der Waals surface area contributed by atoms with Gasteiger partial charge in [-0.05, 0) is 27.1 Å². The number of aromatic nitrogens is 2. The summed E-state index contributed by atoms with van der Waals surface area (Å²) < 4.78 is 4.89. The van der Waals surface area contributed by atoms with Gasteiger partial charge in [-0.15, -0.1) is 5.10 Å². The molecule has 0 saturated heterocycles. The third-order valence-corrected chi connectivity index (χ3v) is 1.42. The zero-order valence-electron chi connectivity index (χ0n) is 7.45. The van der Waals surface area contributed by atoms with Crippen LogP contribution in [0.1, 0.15) is 6.42 Å². The number of nitrogens with one attached hydrogen (secondary N) is 1. The predicted octanol–water partition coefficient (Wildman–Crippen LogP) is 0.433. The minimum atomic E-state index is 0.494. The van der Waals surface area contributed by atoms with Crippen LogP contribution in [-0.2, 0) is 0 Å². The molecule has 0 aliphatic heterocycles. The van der Waals surface area contributed by atoms with Crippen molar-refractivity contribution >= 4 is 6.01 Å². The van der Waals surface area contributed by atoms with E-state index in [1.54, 1.807) is 0 Å². The van der Waals surface area contributed by atoms with Gasteiger partial charge in [0, 0.05) is 6.54 Å². The molecule has 0 radical (unpaired) electrons. The molecule has 1 aromatic rings. The lowest BCUT2D eigenvalue weighted by Crippen LogP contribution is -2.16. The molecule has 1 aromatic heterocycles. The van der Waals surface area contributed by atoms with E-state index in [2.05, 4.69) is 20.4 Å². The summed E-state index contributed by atoms with van der Waals surface area (Å²) in [7, 11) is 4.10. The van der Waals surface area contributed by atoms with E-state index in [0.29, 0.717) is 6.01 Å². The highest BCUT2D eigenvalue weighted by molar-refractivity contribution is 5.14. The summed E-state index contributed by atoms with van der Waals surface area (Å²) in [4.78, 5) is 2.13. The molecule has 0 atom stereocenters. The molecule has 1 N–H and O–H groups in total. The first kappa shape index (κ1) is 8.99. The van der Waals surface area contributed by atoms with Gasteiger partial charge in [0.15, 0.2) is 0 Å². The average Bonchev–Trinajstić information content (AvgIpc) is 2.49. The van der Waals surface area contributed by atoms with Gasteiger partial charge in [0.05, 0.1) is 0 Å². The number of hydrogen-bond donors (Lipinski definition) is 1. The van der Waals surface area contributed by atoms with Gasteiger partial charge >= 0.3 is 6.01 Å². The largest absolute Gasteiger partial charge is 0.411 e. The summed E-state index contributed by atoms with van der Waals surface area (Å²) in [5, 5.41) is 10.3. The second kappa shape index (κ2) is 4.71. The molecule has 0 unspecified atom stereocenters. The zero-order chi connectivity index (χ0) is 8.81. The first-order valence-electron chi connectivity index (χ1n) is 3.94. The molecule has 68 valence electrons. The minimum absolute atomic E-state index is 0.494. The van der Waals surface area contributed by atoms with Gasteiger partial charge in [-0.2, -0.15) is 0 Å². The molecule has 0 saturated carbocycles. The maximum Gasteiger partial charge on any atom is 0.315 e. The van der Waals surface area contributed by atoms with E-state index in [4.69, 9.17) is 4.42 Å². The van der Waals surface area contributed by atoms with Crippen molar-refractivity contribution in [3.63, 3.8) is 0 Å². The lowest BCUT2D eigenvalue weighted by atomic mass is 10.4. The molecular formula is C7H14N4O. The van der Waals surface area contributed by atoms with Crippen LogP contribution < -0.4 is 5.32 Å². The van der Waals surface area contributed by atoms with E-state index in [0.717, 1.165) is 19.5 Å². The summed E-state index contributed by atoms with van der Waals surface area (Å²) in [5.74, 6) is 0. The molecule has 0 spiro atoms. The van der Waals surface area contributed by atoms with Crippen molar-refractivity contribution < 1.29 is 4.42 Å². The Hall–Kier alpha value is -1.10. The molecule has 0 aromatic carbocycles. The fraction of sp³-hybridized carbons (Fsp3) is 0.714. The second-order valence-electron chi connectivity index (χ2n) is 2.83. The quantitative estimate of drug-likeness (QED) is 0.649. The number of nitrogens with zero attached hydrogens (tertiary/aromatic N) is 3. The molecule has 0 aliphatic rings. The zero-order valence-corrected chi connectivity index (χ0v) is 7.45. The van der Waals surface area contributed by atoms with Crippen LogP contribution in [0.25, 0.3) is 0 Å². The highest BCUT2D eigenvalue weighted by atomic mass is 16.4. The van der Waals surface area contributed by atoms with E-state index in [1.165, 1.54) is 6.39 Å². The highest BCUT2D eigenvalue weighted by Crippen LogP contribution is 1.97. The molecule has 0 fully saturated rings. The number of hydrogen-bond acceptors (Lipinski definition) is 5. The molecule has 0 aliphatic carbocycles. The number of anilines is 1. The third kappa shape index (κ3) is 3.34. The van der Waals surface area contributed by atoms with Crippen LogP contribution in [-0.4, -0.2) is 42.3 Å². The van der Waals surface area contributed by atoms with Crippen molar-refractivity contribution in [1.29, 1.82) is 0 Å². The van der Waals surface area contributed by atoms with Crippen molar-refractivity contribution in [1.82, 2.24) is 15.1 Å². The highest BCUT2D eigenvalue weighted by Gasteiger charge is 1.95. The van der Waals surface area contributed by atoms with Gasteiger partial charge in [-0.1, -0.05) is 5.10 Å². The minimum Gasteiger partial charge on any atom is -0.411 e. The molecule has 1 heterocycles. The molecule has 1 rings (SSSR count). The van der Waals surface area contributed by atoms with Crippen LogP contribution in [0.3, 0.4) is 0 Å². The van der Waals surface area contributed by atoms with E-state index >= 15 is 0 Å². The fourth-order valence-corrected chi connectivity index (χ4v) is 0.841. The van der Waals surface area contributed by atoms with Gasteiger partial charge in [0.1, 0.15) is 0 Å². The first-order chi connectivity index (χ1) is 5.79. The summed E-state index contributed by atoms with van der Waals surface area (Å²) >= 11 is 0. The van der Waals surface area contributed by atoms with Gasteiger partial charge in [-0.3, -0.25) is 0 Å². The standard InChI is InChI=1S/C7H14N4O/c1-11(2)5-3-4-8-7-10-9-6-12-7/h6H,3-5H2,1-2H3,(H,8,10). The smallest absolute Gasteiger partial charge is 0.315 e. The Balaban J connectivity index is 2.04. The Morgan fingerprint density at radius 1 is 1.58 bits per heavy atom. The molecule has 0 amide bonds. The maximum absolute atomic E-state index is 4.89. The van der Waals surface area contributed by atoms with Gasteiger partial charge < -0.3 is 14.6 Å². The Kier molecular flexibility index (Phi) is 3.53. The molecule has 5 nitrogen and oxygen atoms in total. The Morgan fingerprint density at radius 2 is 2.42 bits per heavy atom. The van der Waals surface area contributed by atoms with Crippen LogP contribution in [0.2, 0.25) is 0 Å². The lowest BCUT2D eigenvalue weighted by molar-refractivity contribution is 0.404. The Labute approximate surface area is 71.8 Å². The lowest BCUT2D eigenvalue weighted by Gasteiger charge is -2.08. The first-order valence-corrected chi connectivity index (χ1v) is 3.94. The topological polar surface area (TPSA) is 54.2 Å². The summed E-state index contributed by atoms with van der Waals surface area (Å²) in [6, 6.07) is 0.494. The molecule has 5 heteroatoms. The third-order valence-electron chi connectivity index (χ3n) is 1.42. The van der Waals surface area contributed by atoms with Gasteiger partial charge in [-0.25, -0.2) is 0 Å². The monoisotopic (exact) mass is 170 g/mol. The fourth-order valence-electron chi connectivity index (χ4n) is 0.841. The summed E-state index contributed by atoms with van der Waals surface area (Å²) in [5.41, 5.74) is 0. The normalized spacial score (nSPS) is 10.6. The molecule has 12 heavy (non-hydrogen) atoms. The van der Waals surface area contributed by atoms with E-state index in [1.807, 2.05) is 14.1 Å². The SMILES string of the molecule is CN(C)CCCNc1nnco1. The van der Waals surface area contributed by atoms with E-state index < -0.39 is 0 Å². The van der Waals surface area contributed by atoms with Crippen LogP contribution in [0.15, 0.2) is 10.8 Å². The molecule has 0 bridgehead atoms. The van der Waals surface area contributed by atoms with Crippen molar-refractivity contribution in [2.75, 3.05) is 32.5 Å². The molecular weight excluding hydrogens is 156 g/mol. The Morgan fingerprint density at radius 3 is 3.00 bits per heavy atom. The van der Waals surface area contributed by atoms with Crippen LogP contribution in [0, 0.1) is 0 Å². The van der Waals surface area contributed by atoms with Gasteiger partial charge in [0.25, 0.3) is 0 Å². The summed E-state index contributed by atoms with van der Waals surface area (Å²) in [6.07, 6.45) is 2.38. The van der Waals surface area contributed by atoms with Crippen molar-refractivity contribution in [3.8, 4) is 0 Å².